The normalized spacial score (nSPS) is 8.69. The maximum Gasteiger partial charge on any atom is 1.00 e. The van der Waals surface area contributed by atoms with Gasteiger partial charge in [-0.1, -0.05) is 34.8 Å². The summed E-state index contributed by atoms with van der Waals surface area (Å²) in [7, 11) is 2.21. The van der Waals surface area contributed by atoms with Crippen LogP contribution in [0.2, 0.25) is 15.1 Å². The Hall–Kier alpha value is -0.990. The number of carbonyl (C=O) groups is 2. The first-order valence-corrected chi connectivity index (χ1v) is 7.54. The van der Waals surface area contributed by atoms with Crippen molar-refractivity contribution < 1.29 is 59.2 Å². The molecule has 0 aliphatic heterocycles. The fourth-order valence-electron chi connectivity index (χ4n) is 1.48. The van der Waals surface area contributed by atoms with Gasteiger partial charge in [0.1, 0.15) is 5.75 Å². The van der Waals surface area contributed by atoms with Crippen LogP contribution in [-0.4, -0.2) is 36.4 Å². The Labute approximate surface area is 187 Å². The molecule has 10 heteroatoms. The van der Waals surface area contributed by atoms with Gasteiger partial charge in [0.2, 0.25) is 0 Å². The largest absolute Gasteiger partial charge is 1.00 e. The van der Waals surface area contributed by atoms with Crippen LogP contribution in [0.15, 0.2) is 36.4 Å². The summed E-state index contributed by atoms with van der Waals surface area (Å²) in [4.78, 5) is 20.9. The average molecular weight is 432 g/mol. The van der Waals surface area contributed by atoms with Crippen molar-refractivity contribution in [3.05, 3.63) is 62.6 Å². The van der Waals surface area contributed by atoms with Gasteiger partial charge in [0, 0.05) is 15.1 Å². The van der Waals surface area contributed by atoms with Gasteiger partial charge in [-0.2, -0.15) is 7.11 Å². The smallest absolute Gasteiger partial charge is 0.857 e. The Morgan fingerprint density at radius 2 is 1.15 bits per heavy atom. The van der Waals surface area contributed by atoms with Gasteiger partial charge >= 0.3 is 41.5 Å². The first-order chi connectivity index (χ1) is 11.7. The van der Waals surface area contributed by atoms with E-state index in [9.17, 15) is 9.59 Å². The van der Waals surface area contributed by atoms with Crippen molar-refractivity contribution in [3.63, 3.8) is 0 Å². The van der Waals surface area contributed by atoms with Gasteiger partial charge in [0.25, 0.3) is 0 Å². The first-order valence-electron chi connectivity index (χ1n) is 6.41. The van der Waals surface area contributed by atoms with Gasteiger partial charge in [-0.15, -0.1) is 0 Å². The van der Waals surface area contributed by atoms with E-state index in [1.807, 2.05) is 0 Å². The quantitative estimate of drug-likeness (QED) is 0.694. The predicted molar refractivity (Wildman–Crippen MR) is 94.3 cm³/mol. The van der Waals surface area contributed by atoms with Crippen molar-refractivity contribution in [3.8, 4) is 5.75 Å². The van der Waals surface area contributed by atoms with Crippen LogP contribution >= 0.6 is 34.8 Å². The monoisotopic (exact) mass is 430 g/mol. The number of hydrogen-bond donors (Lipinski definition) is 2. The third-order valence-corrected chi connectivity index (χ3v) is 3.12. The number of carboxylic acid groups (broad SMARTS) is 2. The Bertz CT molecular complexity index is 720. The Morgan fingerprint density at radius 1 is 0.808 bits per heavy atom. The molecule has 0 saturated carbocycles. The minimum absolute atomic E-state index is 0. The van der Waals surface area contributed by atoms with Gasteiger partial charge in [-0.25, -0.2) is 9.59 Å². The summed E-state index contributed by atoms with van der Waals surface area (Å²) in [5.74, 6) is -1.61. The number of hydrogen-bond acceptors (Lipinski definition) is 4. The van der Waals surface area contributed by atoms with Gasteiger partial charge < -0.3 is 20.1 Å². The molecule has 2 N–H and O–H groups in total. The minimum atomic E-state index is -1.03. The maximum atomic E-state index is 10.5. The van der Waals surface area contributed by atoms with Crippen LogP contribution in [0.25, 0.3) is 0 Å². The van der Waals surface area contributed by atoms with Crippen molar-refractivity contribution in [1.82, 2.24) is 0 Å². The number of aromatic carboxylic acids is 2. The van der Waals surface area contributed by atoms with E-state index in [0.29, 0.717) is 20.8 Å². The van der Waals surface area contributed by atoms with Gasteiger partial charge in [-0.05, 0) is 36.4 Å². The third-order valence-electron chi connectivity index (χ3n) is 2.46. The summed E-state index contributed by atoms with van der Waals surface area (Å²) in [6, 6.07) is 8.50. The molecule has 0 bridgehead atoms. The van der Waals surface area contributed by atoms with Crippen LogP contribution in [0.1, 0.15) is 20.7 Å². The summed E-state index contributed by atoms with van der Waals surface area (Å²) >= 11 is 16.7. The second-order valence-corrected chi connectivity index (χ2v) is 5.46. The van der Waals surface area contributed by atoms with Crippen molar-refractivity contribution in [2.75, 3.05) is 14.2 Å². The first kappa shape index (κ1) is 27.2. The summed E-state index contributed by atoms with van der Waals surface area (Å²) in [6.07, 6.45) is 0. The standard InChI is InChI=1S/C8H7ClO3.C7H4Cl2O2.CH3O.Na/c1-12-7-3-5(8(10)11)2-6(9)4-7;8-5-1-4(7(10)11)2-6(9)3-5;1-2;/h2-4H,1H3,(H,10,11);1-3H,(H,10,11);1H3;/q;;-1;+1. The van der Waals surface area contributed by atoms with Crippen molar-refractivity contribution in [1.29, 1.82) is 0 Å². The van der Waals surface area contributed by atoms with Crippen LogP contribution in [0.3, 0.4) is 0 Å². The van der Waals surface area contributed by atoms with Gasteiger partial charge in [-0.3, -0.25) is 0 Å². The zero-order valence-corrected chi connectivity index (χ0v) is 18.4. The number of benzene rings is 2. The molecule has 0 spiro atoms. The van der Waals surface area contributed by atoms with E-state index in [2.05, 4.69) is 0 Å². The number of rotatable bonds is 3. The fraction of sp³-hybridized carbons (Fsp3) is 0.125. The van der Waals surface area contributed by atoms with E-state index in [1.54, 1.807) is 6.07 Å². The molecule has 0 unspecified atom stereocenters. The Morgan fingerprint density at radius 3 is 1.50 bits per heavy atom. The van der Waals surface area contributed by atoms with Crippen molar-refractivity contribution in [2.24, 2.45) is 0 Å². The molecule has 0 aromatic heterocycles. The molecule has 0 atom stereocenters. The van der Waals surface area contributed by atoms with Gasteiger partial charge in [0.05, 0.1) is 18.2 Å². The van der Waals surface area contributed by atoms with E-state index in [-0.39, 0.29) is 40.7 Å². The van der Waals surface area contributed by atoms with E-state index < -0.39 is 11.9 Å². The number of methoxy groups -OCH3 is 1. The van der Waals surface area contributed by atoms with Crippen LogP contribution in [0.5, 0.6) is 5.75 Å². The van der Waals surface area contributed by atoms with Crippen LogP contribution in [0.4, 0.5) is 0 Å². The SMILES string of the molecule is COc1cc(Cl)cc(C(=O)O)c1.C[O-].O=C(O)c1cc(Cl)cc(Cl)c1.[Na+]. The molecular formula is C16H14Cl3NaO6. The molecule has 0 heterocycles. The Kier molecular flexibility index (Phi) is 14.8. The van der Waals surface area contributed by atoms with Crippen LogP contribution in [0, 0.1) is 0 Å². The molecule has 0 radical (unpaired) electrons. The molecule has 26 heavy (non-hydrogen) atoms. The van der Waals surface area contributed by atoms with Gasteiger partial charge in [0.15, 0.2) is 0 Å². The van der Waals surface area contributed by atoms with E-state index in [4.69, 9.17) is 54.9 Å². The van der Waals surface area contributed by atoms with E-state index >= 15 is 0 Å². The molecule has 0 fully saturated rings. The molecule has 0 aliphatic rings. The molecule has 2 aromatic rings. The van der Waals surface area contributed by atoms with Crippen LogP contribution in [-0.2, 0) is 0 Å². The summed E-state index contributed by atoms with van der Waals surface area (Å²) < 4.78 is 4.84. The summed E-state index contributed by atoms with van der Waals surface area (Å²) in [5, 5.41) is 26.4. The second-order valence-electron chi connectivity index (χ2n) is 4.15. The number of carboxylic acids is 2. The maximum absolute atomic E-state index is 10.5. The molecule has 2 rings (SSSR count). The Balaban J connectivity index is 0. The van der Waals surface area contributed by atoms with E-state index in [1.165, 1.54) is 37.4 Å². The topological polar surface area (TPSA) is 107 Å². The predicted octanol–water partition coefficient (Wildman–Crippen LogP) is 0.719. The molecule has 6 nitrogen and oxygen atoms in total. The second kappa shape index (κ2) is 14.1. The van der Waals surface area contributed by atoms with E-state index in [0.717, 1.165) is 7.11 Å². The molecule has 0 amide bonds. The molecule has 136 valence electrons. The third kappa shape index (κ3) is 10.2. The number of ether oxygens (including phenoxy) is 1. The molecule has 0 aliphatic carbocycles. The number of halogens is 3. The fourth-order valence-corrected chi connectivity index (χ4v) is 2.23. The zero-order chi connectivity index (χ0) is 19.6. The summed E-state index contributed by atoms with van der Waals surface area (Å²) in [5.41, 5.74) is 0.224. The van der Waals surface area contributed by atoms with Crippen molar-refractivity contribution in [2.45, 2.75) is 0 Å². The average Bonchev–Trinajstić information content (AvgIpc) is 2.55. The zero-order valence-electron chi connectivity index (χ0n) is 14.1. The molecule has 2 aromatic carbocycles. The molecule has 0 saturated heterocycles. The van der Waals surface area contributed by atoms with Crippen LogP contribution < -0.4 is 39.4 Å². The minimum Gasteiger partial charge on any atom is -0.857 e. The summed E-state index contributed by atoms with van der Waals surface area (Å²) in [6.45, 7) is 0. The molecular weight excluding hydrogens is 418 g/mol. The van der Waals surface area contributed by atoms with Crippen molar-refractivity contribution >= 4 is 46.7 Å².